The van der Waals surface area contributed by atoms with Crippen molar-refractivity contribution in [3.05, 3.63) is 65.9 Å². The van der Waals surface area contributed by atoms with E-state index in [1.165, 1.54) is 0 Å². The normalized spacial score (nSPS) is 21.2. The second kappa shape index (κ2) is 7.46. The van der Waals surface area contributed by atoms with Crippen molar-refractivity contribution in [2.45, 2.75) is 12.5 Å². The summed E-state index contributed by atoms with van der Waals surface area (Å²) in [6.07, 6.45) is 7.24. The van der Waals surface area contributed by atoms with E-state index >= 15 is 0 Å². The lowest BCUT2D eigenvalue weighted by Gasteiger charge is -2.19. The van der Waals surface area contributed by atoms with Crippen molar-refractivity contribution in [2.75, 3.05) is 23.3 Å². The molecule has 1 saturated heterocycles. The summed E-state index contributed by atoms with van der Waals surface area (Å²) in [5.41, 5.74) is 3.62. The van der Waals surface area contributed by atoms with Gasteiger partial charge in [-0.1, -0.05) is 12.1 Å². The van der Waals surface area contributed by atoms with Gasteiger partial charge in [-0.2, -0.15) is 20.7 Å². The first-order valence-corrected chi connectivity index (χ1v) is 10.5. The van der Waals surface area contributed by atoms with E-state index in [1.54, 1.807) is 24.5 Å². The van der Waals surface area contributed by atoms with E-state index in [0.29, 0.717) is 35.8 Å². The van der Waals surface area contributed by atoms with Gasteiger partial charge in [-0.3, -0.25) is 0 Å². The van der Waals surface area contributed by atoms with Crippen molar-refractivity contribution >= 4 is 11.8 Å². The highest BCUT2D eigenvalue weighted by Crippen LogP contribution is 2.57. The van der Waals surface area contributed by atoms with Crippen molar-refractivity contribution in [2.24, 2.45) is 11.8 Å². The standard InChI is InChI=1S/C22H20N10/c23-5-13-1-3-14(4-2-13)6-25-22-26-7-15(8-27-22)21-24-10-19(29-21)32-11-16-17(12-32)20(16)18-9-28-31-30-18/h1-4,7-10,16-17,20H,6,11-12H2,(H,24,29)(H,25,26,27)(H,28,30,31). The van der Waals surface area contributed by atoms with E-state index in [0.717, 1.165) is 41.6 Å². The van der Waals surface area contributed by atoms with E-state index in [1.807, 2.05) is 24.5 Å². The summed E-state index contributed by atoms with van der Waals surface area (Å²) >= 11 is 0. The first-order valence-electron chi connectivity index (χ1n) is 10.5. The van der Waals surface area contributed by atoms with E-state index < -0.39 is 0 Å². The van der Waals surface area contributed by atoms with E-state index in [9.17, 15) is 0 Å². The van der Waals surface area contributed by atoms with Crippen molar-refractivity contribution in [1.29, 1.82) is 5.26 Å². The number of hydrogen-bond acceptors (Lipinski definition) is 8. The summed E-state index contributed by atoms with van der Waals surface area (Å²) in [5.74, 6) is 4.13. The third-order valence-corrected chi connectivity index (χ3v) is 6.33. The minimum Gasteiger partial charge on any atom is -0.356 e. The molecule has 3 aromatic heterocycles. The Kier molecular flexibility index (Phi) is 4.31. The summed E-state index contributed by atoms with van der Waals surface area (Å²) in [6, 6.07) is 9.55. The fourth-order valence-electron chi connectivity index (χ4n) is 4.57. The summed E-state index contributed by atoms with van der Waals surface area (Å²) in [6.45, 7) is 2.58. The lowest BCUT2D eigenvalue weighted by molar-refractivity contribution is 0.729. The molecule has 2 aliphatic rings. The molecule has 10 nitrogen and oxygen atoms in total. The summed E-state index contributed by atoms with van der Waals surface area (Å²) in [7, 11) is 0. The van der Waals surface area contributed by atoms with Crippen molar-refractivity contribution in [3.8, 4) is 17.5 Å². The molecule has 2 atom stereocenters. The second-order valence-electron chi connectivity index (χ2n) is 8.23. The van der Waals surface area contributed by atoms with Crippen molar-refractivity contribution < 1.29 is 0 Å². The smallest absolute Gasteiger partial charge is 0.222 e. The number of H-pyrrole nitrogens is 2. The van der Waals surface area contributed by atoms with Gasteiger partial charge in [0.1, 0.15) is 11.6 Å². The van der Waals surface area contributed by atoms with Gasteiger partial charge in [0.15, 0.2) is 0 Å². The van der Waals surface area contributed by atoms with Crippen molar-refractivity contribution in [1.82, 2.24) is 35.3 Å². The topological polar surface area (TPSA) is 135 Å². The zero-order valence-electron chi connectivity index (χ0n) is 17.1. The van der Waals surface area contributed by atoms with Crippen LogP contribution in [0.5, 0.6) is 0 Å². The number of fused-ring (bicyclic) bond motifs is 1. The third-order valence-electron chi connectivity index (χ3n) is 6.33. The maximum absolute atomic E-state index is 8.88. The second-order valence-corrected chi connectivity index (χ2v) is 8.23. The molecule has 3 N–H and O–H groups in total. The van der Waals surface area contributed by atoms with Crippen LogP contribution in [0.3, 0.4) is 0 Å². The number of nitrogens with zero attached hydrogens (tertiary/aromatic N) is 7. The van der Waals surface area contributed by atoms with Gasteiger partial charge in [0.2, 0.25) is 5.95 Å². The molecule has 4 heterocycles. The van der Waals surface area contributed by atoms with Gasteiger partial charge >= 0.3 is 0 Å². The maximum atomic E-state index is 8.88. The molecule has 2 unspecified atom stereocenters. The Morgan fingerprint density at radius 2 is 1.81 bits per heavy atom. The van der Waals surface area contributed by atoms with Crippen LogP contribution in [0, 0.1) is 23.2 Å². The lowest BCUT2D eigenvalue weighted by atomic mass is 10.1. The molecule has 1 saturated carbocycles. The third kappa shape index (κ3) is 3.33. The van der Waals surface area contributed by atoms with Gasteiger partial charge < -0.3 is 15.2 Å². The van der Waals surface area contributed by atoms with Crippen LogP contribution in [0.4, 0.5) is 11.8 Å². The summed E-state index contributed by atoms with van der Waals surface area (Å²) in [4.78, 5) is 19.1. The molecule has 10 heteroatoms. The van der Waals surface area contributed by atoms with Gasteiger partial charge in [-0.05, 0) is 29.5 Å². The van der Waals surface area contributed by atoms with Crippen molar-refractivity contribution in [3.63, 3.8) is 0 Å². The van der Waals surface area contributed by atoms with Crippen LogP contribution in [-0.4, -0.2) is 48.4 Å². The number of nitriles is 1. The van der Waals surface area contributed by atoms with Crippen LogP contribution in [0.2, 0.25) is 0 Å². The van der Waals surface area contributed by atoms with E-state index in [-0.39, 0.29) is 0 Å². The maximum Gasteiger partial charge on any atom is 0.222 e. The number of piperidine rings is 1. The molecule has 1 aliphatic carbocycles. The number of nitrogens with one attached hydrogen (secondary N) is 3. The molecule has 2 fully saturated rings. The number of aromatic amines is 2. The molecule has 0 bridgehead atoms. The van der Waals surface area contributed by atoms with E-state index in [2.05, 4.69) is 51.6 Å². The first-order chi connectivity index (χ1) is 15.8. The van der Waals surface area contributed by atoms with Crippen LogP contribution in [0.25, 0.3) is 11.4 Å². The number of benzene rings is 1. The minimum absolute atomic E-state index is 0.533. The van der Waals surface area contributed by atoms with Gasteiger partial charge in [0.05, 0.1) is 35.3 Å². The molecule has 0 amide bonds. The molecule has 0 radical (unpaired) electrons. The molecule has 32 heavy (non-hydrogen) atoms. The van der Waals surface area contributed by atoms with Gasteiger partial charge in [-0.25, -0.2) is 15.0 Å². The monoisotopic (exact) mass is 424 g/mol. The molecule has 1 aliphatic heterocycles. The number of aromatic nitrogens is 7. The van der Waals surface area contributed by atoms with Crippen LogP contribution in [0.1, 0.15) is 22.7 Å². The number of rotatable bonds is 6. The molecular weight excluding hydrogens is 404 g/mol. The zero-order chi connectivity index (χ0) is 21.5. The Morgan fingerprint density at radius 1 is 1.03 bits per heavy atom. The highest BCUT2D eigenvalue weighted by Gasteiger charge is 2.57. The van der Waals surface area contributed by atoms with Crippen LogP contribution in [-0.2, 0) is 6.54 Å². The minimum atomic E-state index is 0.533. The predicted molar refractivity (Wildman–Crippen MR) is 116 cm³/mol. The first kappa shape index (κ1) is 18.5. The van der Waals surface area contributed by atoms with Crippen LogP contribution < -0.4 is 10.2 Å². The Balaban J connectivity index is 1.06. The van der Waals surface area contributed by atoms with Crippen LogP contribution >= 0.6 is 0 Å². The zero-order valence-corrected chi connectivity index (χ0v) is 17.1. The molecular formula is C22H20N10. The number of anilines is 2. The molecule has 1 aromatic carbocycles. The van der Waals surface area contributed by atoms with E-state index in [4.69, 9.17) is 5.26 Å². The highest BCUT2D eigenvalue weighted by molar-refractivity contribution is 5.57. The predicted octanol–water partition coefficient (Wildman–Crippen LogP) is 2.32. The fraction of sp³-hybridized carbons (Fsp3) is 0.273. The highest BCUT2D eigenvalue weighted by atomic mass is 15.3. The SMILES string of the molecule is N#Cc1ccc(CNc2ncc(-c3ncc(N4CC5C(C4)C5c4cn[nH]n4)[nH]3)cn2)cc1. The summed E-state index contributed by atoms with van der Waals surface area (Å²) < 4.78 is 0. The molecule has 158 valence electrons. The van der Waals surface area contributed by atoms with Gasteiger partial charge in [0, 0.05) is 37.9 Å². The Morgan fingerprint density at radius 3 is 2.50 bits per heavy atom. The average molecular weight is 424 g/mol. The van der Waals surface area contributed by atoms with Gasteiger partial charge in [0.25, 0.3) is 0 Å². The van der Waals surface area contributed by atoms with Gasteiger partial charge in [-0.15, -0.1) is 0 Å². The molecule has 6 rings (SSSR count). The lowest BCUT2D eigenvalue weighted by Crippen LogP contribution is -2.23. The summed E-state index contributed by atoms with van der Waals surface area (Å²) in [5, 5.41) is 23.0. The molecule has 4 aromatic rings. The quantitative estimate of drug-likeness (QED) is 0.429. The Hall–Kier alpha value is -4.26. The molecule has 0 spiro atoms. The Labute approximate surface area is 183 Å². The van der Waals surface area contributed by atoms with Crippen LogP contribution in [0.15, 0.2) is 49.1 Å². The number of imidazole rings is 1. The Bertz CT molecular complexity index is 1240. The average Bonchev–Trinajstić information content (AvgIpc) is 3.38. The fourth-order valence-corrected chi connectivity index (χ4v) is 4.57. The number of hydrogen-bond donors (Lipinski definition) is 3. The largest absolute Gasteiger partial charge is 0.356 e.